The summed E-state index contributed by atoms with van der Waals surface area (Å²) >= 11 is 0. The van der Waals surface area contributed by atoms with Gasteiger partial charge in [-0.1, -0.05) is 149 Å². The van der Waals surface area contributed by atoms with E-state index < -0.39 is 125 Å². The molecule has 148 heavy (non-hydrogen) atoms. The summed E-state index contributed by atoms with van der Waals surface area (Å²) in [5.41, 5.74) is 7.34. The maximum atomic E-state index is 13.8. The lowest BCUT2D eigenvalue weighted by atomic mass is 9.78. The van der Waals surface area contributed by atoms with Gasteiger partial charge in [-0.05, 0) is 206 Å². The zero-order valence-corrected chi connectivity index (χ0v) is 89.3. The normalized spacial score (nSPS) is 16.4. The molecule has 0 atom stereocenters. The van der Waals surface area contributed by atoms with Crippen molar-refractivity contribution in [1.82, 2.24) is 20.3 Å². The largest absolute Gasteiger partial charge is 0.748 e. The Morgan fingerprint density at radius 1 is 0.466 bits per heavy atom. The highest BCUT2D eigenvalue weighted by molar-refractivity contribution is 7.87. The lowest BCUT2D eigenvalue weighted by Gasteiger charge is -2.27. The standard InChI is InChI=1S/C105H123N9O27S7/c1-102(2)91(35-13-12-14-36-92-103(3,4)98-80-34-19-17-31-75(80)39-45-86(98)112(92)52-22-24-63-142(117,118)119)111(85-44-38-74-30-16-18-33-79(74)97(85)102)51-21-10-11-23-56-141-101(116)106-50-57-138-59-61-140-62-60-139-58-55-110-71-95(107-108-110)109(9)96(115)37-20-15-28-72-29-25-32-76(66-72)73(40-48-93-104(5,6)99-83-67-77(145(126,127)128)69-89(147(132,133)134)81(83)42-46-87(99)113(93)53-26-64-143(120,121)122)41-49-94-105(7,8)100-84-68-78(146(129,130)131)70-90(148(135,136)137)82(84)43-47-88(100)114(94)54-27-65-144(123,124)125/h12-14,16-19,25,29-36,38-49,66-71H,10-11,15,20-24,26-28,37,50-65H2,1-9H3,(H6-2,106,116,117,118,119,120,121,122,123,124,125,126,127,128,129,130,131,132,133,134,135,136,137). The zero-order chi connectivity index (χ0) is 107. The second-order valence-corrected chi connectivity index (χ2v) is 49.4. The van der Waals surface area contributed by atoms with Crippen molar-refractivity contribution in [3.05, 3.63) is 251 Å². The van der Waals surface area contributed by atoms with E-state index in [1.165, 1.54) is 67.8 Å². The van der Waals surface area contributed by atoms with E-state index in [4.69, 9.17) is 18.9 Å². The number of nitrogens with one attached hydrogen (secondary N) is 1. The summed E-state index contributed by atoms with van der Waals surface area (Å²) in [4.78, 5) is 28.4. The van der Waals surface area contributed by atoms with Crippen LogP contribution in [0, 0.1) is 0 Å². The molecule has 10 aromatic rings. The van der Waals surface area contributed by atoms with Crippen molar-refractivity contribution in [2.45, 2.75) is 180 Å². The lowest BCUT2D eigenvalue weighted by Crippen LogP contribution is -2.28. The van der Waals surface area contributed by atoms with Crippen LogP contribution in [-0.2, 0) is 129 Å². The molecular formula is C105H123N9O27S7. The predicted octanol–water partition coefficient (Wildman–Crippen LogP) is 15.7. The number of hydrogen-bond donors (Lipinski definition) is 6. The SMILES string of the molecule is CN(C(=O)CCCCc1cccc(C(=C\C=C2\N(CCCS(=O)(=O)O)c3ccc4c(S(=O)(=O)O)cc(S(=O)(=O)O)cc4c3C2(C)C)/C=C/C2=[N+](CCCS(=O)(=O)O)c3ccc4c(S(=O)(=O)[O-])cc(S(=O)(=O)O)cc4c3C2(C)C)c1)c1cn(CCOCCOCCOCCNC(=O)OCCCCCCN2/C(=C/C=C/C=C/C3=[N+](CCCCS(=O)(=O)[O-])c4ccc5ccccc5c4C3(C)C)C(C)(C)c3c2ccc2ccccc32)nn1. The fourth-order valence-corrected chi connectivity index (χ4v) is 24.8. The first-order chi connectivity index (χ1) is 69.6. The minimum Gasteiger partial charge on any atom is -0.748 e. The van der Waals surface area contributed by atoms with E-state index in [-0.39, 0.29) is 141 Å². The molecule has 0 bridgehead atoms. The Bertz CT molecular complexity index is 7970. The Morgan fingerprint density at radius 2 is 1.00 bits per heavy atom. The minimum absolute atomic E-state index is 0.0375. The number of unbranched alkanes of at least 4 members (excludes halogenated alkanes) is 5. The van der Waals surface area contributed by atoms with Gasteiger partial charge < -0.3 is 43.2 Å². The first kappa shape index (κ1) is 112. The van der Waals surface area contributed by atoms with Crippen LogP contribution in [0.1, 0.15) is 159 Å². The molecule has 0 saturated heterocycles. The molecule has 792 valence electrons. The van der Waals surface area contributed by atoms with Crippen LogP contribution >= 0.6 is 0 Å². The molecule has 9 aromatic carbocycles. The van der Waals surface area contributed by atoms with Gasteiger partial charge in [-0.2, -0.15) is 51.2 Å². The number of rotatable bonds is 49. The number of amides is 2. The molecule has 43 heteroatoms. The molecule has 0 radical (unpaired) electrons. The van der Waals surface area contributed by atoms with Crippen molar-refractivity contribution in [2.24, 2.45) is 0 Å². The summed E-state index contributed by atoms with van der Waals surface area (Å²) in [6, 6.07) is 41.6. The molecule has 0 fully saturated rings. The van der Waals surface area contributed by atoms with Gasteiger partial charge in [0.25, 0.3) is 50.6 Å². The number of carbonyl (C=O) groups is 2. The zero-order valence-electron chi connectivity index (χ0n) is 83.6. The third kappa shape index (κ3) is 26.4. The average Bonchev–Trinajstić information content (AvgIpc) is 1.48. The fourth-order valence-electron chi connectivity index (χ4n) is 20.6. The van der Waals surface area contributed by atoms with Crippen LogP contribution in [0.25, 0.3) is 48.7 Å². The number of ether oxygens (including phenoxy) is 4. The highest BCUT2D eigenvalue weighted by Crippen LogP contribution is 2.55. The molecule has 0 spiro atoms. The number of fused-ring (bicyclic) bond motifs is 12. The average molecular weight is 2170 g/mol. The van der Waals surface area contributed by atoms with Crippen LogP contribution in [-0.4, -0.2) is 242 Å². The molecule has 6 N–H and O–H groups in total. The lowest BCUT2D eigenvalue weighted by molar-refractivity contribution is -0.438. The number of carbonyl (C=O) groups excluding carboxylic acids is 2. The van der Waals surface area contributed by atoms with Crippen molar-refractivity contribution in [3.63, 3.8) is 0 Å². The molecule has 1 aromatic heterocycles. The van der Waals surface area contributed by atoms with Crippen LogP contribution in [0.5, 0.6) is 0 Å². The Balaban J connectivity index is 0.547. The van der Waals surface area contributed by atoms with Crippen molar-refractivity contribution in [2.75, 3.05) is 118 Å². The Kier molecular flexibility index (Phi) is 34.7. The van der Waals surface area contributed by atoms with Gasteiger partial charge in [0.1, 0.15) is 28.1 Å². The third-order valence-electron chi connectivity index (χ3n) is 27.5. The smallest absolute Gasteiger partial charge is 0.407 e. The van der Waals surface area contributed by atoms with Crippen molar-refractivity contribution < 1.29 is 128 Å². The van der Waals surface area contributed by atoms with Gasteiger partial charge in [0.05, 0.1) is 106 Å². The molecular weight excluding hydrogens is 2040 g/mol. The quantitative estimate of drug-likeness (QED) is 0.00892. The Hall–Kier alpha value is -11.5. The van der Waals surface area contributed by atoms with E-state index in [2.05, 4.69) is 150 Å². The molecule has 0 unspecified atom stereocenters. The Morgan fingerprint density at radius 3 is 1.63 bits per heavy atom. The molecule has 0 aliphatic carbocycles. The number of aromatic nitrogens is 3. The minimum atomic E-state index is -5.43. The van der Waals surface area contributed by atoms with Gasteiger partial charge in [-0.25, -0.2) is 26.3 Å². The van der Waals surface area contributed by atoms with E-state index in [1.807, 2.05) is 18.2 Å². The van der Waals surface area contributed by atoms with Gasteiger partial charge in [0.15, 0.2) is 17.2 Å². The van der Waals surface area contributed by atoms with Gasteiger partial charge in [-0.15, -0.1) is 5.10 Å². The highest BCUT2D eigenvalue weighted by Gasteiger charge is 2.49. The summed E-state index contributed by atoms with van der Waals surface area (Å²) in [5, 5.41) is 15.4. The third-order valence-corrected chi connectivity index (χ3v) is 33.3. The number of aryl methyl sites for hydroxylation is 1. The molecule has 2 amide bonds. The number of allylic oxidation sites excluding steroid dienone is 12. The van der Waals surface area contributed by atoms with Gasteiger partial charge >= 0.3 is 6.09 Å². The number of hydrogen-bond acceptors (Lipinski definition) is 26. The number of alkyl carbamates (subject to hydrolysis) is 1. The summed E-state index contributed by atoms with van der Waals surface area (Å²) in [6.45, 7) is 19.3. The topological polar surface area (TPSA) is 516 Å². The molecule has 5 heterocycles. The van der Waals surface area contributed by atoms with Crippen LogP contribution in [0.3, 0.4) is 0 Å². The van der Waals surface area contributed by atoms with Crippen LogP contribution in [0.15, 0.2) is 237 Å². The Labute approximate surface area is 863 Å². The van der Waals surface area contributed by atoms with Crippen LogP contribution < -0.4 is 20.0 Å². The number of anilines is 3. The predicted molar refractivity (Wildman–Crippen MR) is 565 cm³/mol. The maximum Gasteiger partial charge on any atom is 0.407 e. The summed E-state index contributed by atoms with van der Waals surface area (Å²) in [6.07, 6.45) is 23.6. The summed E-state index contributed by atoms with van der Waals surface area (Å²) in [7, 11) is -32.8. The van der Waals surface area contributed by atoms with Crippen molar-refractivity contribution >= 4 is 171 Å². The van der Waals surface area contributed by atoms with E-state index in [1.54, 1.807) is 91.5 Å². The highest BCUT2D eigenvalue weighted by atomic mass is 32.2. The van der Waals surface area contributed by atoms with Gasteiger partial charge in [0.2, 0.25) is 17.3 Å². The second-order valence-electron chi connectivity index (χ2n) is 39.1. The van der Waals surface area contributed by atoms with Crippen LogP contribution in [0.2, 0.25) is 0 Å². The van der Waals surface area contributed by atoms with Gasteiger partial charge in [-0.3, -0.25) is 32.5 Å². The van der Waals surface area contributed by atoms with E-state index in [0.29, 0.717) is 97.1 Å². The van der Waals surface area contributed by atoms with Crippen LogP contribution in [0.4, 0.5) is 33.4 Å². The molecule has 36 nitrogen and oxygen atoms in total. The second kappa shape index (κ2) is 45.8. The van der Waals surface area contributed by atoms with Crippen molar-refractivity contribution in [1.29, 1.82) is 0 Å². The molecule has 4 aliphatic rings. The first-order valence-electron chi connectivity index (χ1n) is 48.6. The molecule has 14 rings (SSSR count). The van der Waals surface area contributed by atoms with E-state index in [0.717, 1.165) is 60.3 Å². The maximum absolute atomic E-state index is 13.8. The number of benzene rings is 9. The first-order valence-corrected chi connectivity index (χ1v) is 59.1. The van der Waals surface area contributed by atoms with E-state index in [9.17, 15) is 100 Å². The van der Waals surface area contributed by atoms with E-state index >= 15 is 0 Å². The van der Waals surface area contributed by atoms with Gasteiger partial charge in [0, 0.05) is 131 Å². The fraction of sp³-hybridized carbons (Fsp3) is 0.390. The summed E-state index contributed by atoms with van der Waals surface area (Å²) in [5.74, 6) is -1.79. The molecule has 0 saturated carbocycles. The molecule has 4 aliphatic heterocycles. The summed E-state index contributed by atoms with van der Waals surface area (Å²) < 4.78 is 279. The monoisotopic (exact) mass is 2170 g/mol. The number of nitrogens with zero attached hydrogens (tertiary/aromatic N) is 8. The van der Waals surface area contributed by atoms with Crippen molar-refractivity contribution in [3.8, 4) is 0 Å².